The van der Waals surface area contributed by atoms with Crippen molar-refractivity contribution in [2.24, 2.45) is 11.7 Å². The van der Waals surface area contributed by atoms with E-state index < -0.39 is 5.92 Å². The Morgan fingerprint density at radius 2 is 2.04 bits per heavy atom. The number of nitrogens with zero attached hydrogens (tertiary/aromatic N) is 1. The molecule has 0 aromatic heterocycles. The minimum absolute atomic E-state index is 0.0185. The smallest absolute Gasteiger partial charge is 0.205 e. The average molecular weight is 349 g/mol. The zero-order chi connectivity index (χ0) is 16.7. The van der Waals surface area contributed by atoms with Gasteiger partial charge in [-0.15, -0.1) is 0 Å². The van der Waals surface area contributed by atoms with Gasteiger partial charge in [0.05, 0.1) is 16.0 Å². The van der Waals surface area contributed by atoms with Crippen LogP contribution in [0.1, 0.15) is 31.2 Å². The Hall–Kier alpha value is -1.96. The first-order valence-corrected chi connectivity index (χ1v) is 7.96. The molecule has 1 aliphatic heterocycles. The molecule has 0 radical (unpaired) electrons. The first kappa shape index (κ1) is 15.9. The minimum Gasteiger partial charge on any atom is -0.444 e. The van der Waals surface area contributed by atoms with Crippen LogP contribution in [0.2, 0.25) is 10.0 Å². The van der Waals surface area contributed by atoms with Crippen LogP contribution >= 0.6 is 23.2 Å². The molecular formula is C17H14Cl2N2O2. The van der Waals surface area contributed by atoms with E-state index in [4.69, 9.17) is 33.7 Å². The molecule has 2 aliphatic rings. The number of carbonyl (C=O) groups is 1. The molecule has 0 saturated carbocycles. The number of ketones is 1. The van der Waals surface area contributed by atoms with Crippen molar-refractivity contribution in [3.63, 3.8) is 0 Å². The van der Waals surface area contributed by atoms with Crippen LogP contribution in [0.4, 0.5) is 0 Å². The van der Waals surface area contributed by atoms with Gasteiger partial charge in [0.25, 0.3) is 0 Å². The Morgan fingerprint density at radius 1 is 1.30 bits per heavy atom. The lowest BCUT2D eigenvalue weighted by molar-refractivity contribution is -0.117. The molecule has 1 heterocycles. The van der Waals surface area contributed by atoms with Crippen LogP contribution in [0.3, 0.4) is 0 Å². The molecule has 4 nitrogen and oxygen atoms in total. The molecule has 1 aromatic rings. The molecule has 0 fully saturated rings. The zero-order valence-corrected chi connectivity index (χ0v) is 13.9. The maximum atomic E-state index is 12.6. The van der Waals surface area contributed by atoms with E-state index in [2.05, 4.69) is 6.07 Å². The Kier molecular flexibility index (Phi) is 4.09. The Balaban J connectivity index is 2.19. The van der Waals surface area contributed by atoms with E-state index in [0.29, 0.717) is 39.8 Å². The van der Waals surface area contributed by atoms with E-state index in [1.807, 2.05) is 6.92 Å². The van der Waals surface area contributed by atoms with Gasteiger partial charge in [0.15, 0.2) is 5.78 Å². The molecule has 0 bridgehead atoms. The van der Waals surface area contributed by atoms with Gasteiger partial charge in [-0.1, -0.05) is 36.2 Å². The van der Waals surface area contributed by atoms with Crippen molar-refractivity contribution in [3.05, 3.63) is 56.6 Å². The van der Waals surface area contributed by atoms with Crippen molar-refractivity contribution < 1.29 is 9.53 Å². The molecule has 1 aliphatic carbocycles. The fraction of sp³-hybridized carbons (Fsp3) is 0.294. The number of rotatable bonds is 1. The Morgan fingerprint density at radius 3 is 2.70 bits per heavy atom. The number of halogens is 2. The van der Waals surface area contributed by atoms with Crippen molar-refractivity contribution in [2.45, 2.75) is 25.7 Å². The molecule has 3 rings (SSSR count). The van der Waals surface area contributed by atoms with Gasteiger partial charge in [-0.2, -0.15) is 5.26 Å². The standard InChI is InChI=1S/C17H14Cl2N2O2/c1-8-4-13(22)16-14(5-8)23-17(21)10(7-20)15(16)9-2-3-11(18)12(19)6-9/h2-3,6,8,15H,4-5,21H2,1H3/t8-,15+/m0/s1. The van der Waals surface area contributed by atoms with Gasteiger partial charge in [0.1, 0.15) is 17.4 Å². The van der Waals surface area contributed by atoms with E-state index in [0.717, 1.165) is 0 Å². The van der Waals surface area contributed by atoms with Gasteiger partial charge in [0, 0.05) is 18.4 Å². The van der Waals surface area contributed by atoms with Crippen LogP contribution in [-0.4, -0.2) is 5.78 Å². The molecule has 0 unspecified atom stereocenters. The molecule has 2 atom stereocenters. The summed E-state index contributed by atoms with van der Waals surface area (Å²) >= 11 is 12.1. The second-order valence-corrected chi connectivity index (χ2v) is 6.69. The first-order valence-electron chi connectivity index (χ1n) is 7.21. The van der Waals surface area contributed by atoms with E-state index in [9.17, 15) is 10.1 Å². The van der Waals surface area contributed by atoms with Crippen LogP contribution in [0.5, 0.6) is 0 Å². The van der Waals surface area contributed by atoms with Gasteiger partial charge in [0.2, 0.25) is 5.88 Å². The highest BCUT2D eigenvalue weighted by molar-refractivity contribution is 6.42. The lowest BCUT2D eigenvalue weighted by atomic mass is 9.75. The number of Topliss-reactive ketones (excluding diaryl/α,β-unsaturated/α-hetero) is 1. The van der Waals surface area contributed by atoms with Gasteiger partial charge in [-0.05, 0) is 23.6 Å². The molecule has 0 spiro atoms. The third-order valence-electron chi connectivity index (χ3n) is 4.14. The second-order valence-electron chi connectivity index (χ2n) is 5.87. The second kappa shape index (κ2) is 5.92. The summed E-state index contributed by atoms with van der Waals surface area (Å²) < 4.78 is 5.57. The highest BCUT2D eigenvalue weighted by Crippen LogP contribution is 2.45. The molecule has 118 valence electrons. The summed E-state index contributed by atoms with van der Waals surface area (Å²) in [4.78, 5) is 12.6. The van der Waals surface area contributed by atoms with Gasteiger partial charge >= 0.3 is 0 Å². The third-order valence-corrected chi connectivity index (χ3v) is 4.88. The molecule has 6 heteroatoms. The van der Waals surface area contributed by atoms with E-state index in [1.54, 1.807) is 18.2 Å². The quantitative estimate of drug-likeness (QED) is 0.830. The monoisotopic (exact) mass is 348 g/mol. The van der Waals surface area contributed by atoms with Gasteiger partial charge in [-0.25, -0.2) is 0 Å². The largest absolute Gasteiger partial charge is 0.444 e. The van der Waals surface area contributed by atoms with Gasteiger partial charge in [-0.3, -0.25) is 4.79 Å². The van der Waals surface area contributed by atoms with Gasteiger partial charge < -0.3 is 10.5 Å². The lowest BCUT2D eigenvalue weighted by Crippen LogP contribution is -2.29. The number of nitriles is 1. The molecule has 1 aromatic carbocycles. The lowest BCUT2D eigenvalue weighted by Gasteiger charge is -2.33. The predicted octanol–water partition coefficient (Wildman–Crippen LogP) is 4.05. The summed E-state index contributed by atoms with van der Waals surface area (Å²) in [7, 11) is 0. The predicted molar refractivity (Wildman–Crippen MR) is 87.5 cm³/mol. The summed E-state index contributed by atoms with van der Waals surface area (Å²) in [5, 5.41) is 10.3. The third kappa shape index (κ3) is 2.71. The number of hydrogen-bond donors (Lipinski definition) is 1. The zero-order valence-electron chi connectivity index (χ0n) is 12.4. The maximum Gasteiger partial charge on any atom is 0.205 e. The normalized spacial score (nSPS) is 24.2. The summed E-state index contributed by atoms with van der Waals surface area (Å²) in [5.41, 5.74) is 7.35. The molecule has 0 amide bonds. The van der Waals surface area contributed by atoms with Crippen molar-refractivity contribution in [3.8, 4) is 6.07 Å². The summed E-state index contributed by atoms with van der Waals surface area (Å²) in [6, 6.07) is 7.14. The van der Waals surface area contributed by atoms with Crippen molar-refractivity contribution in [1.29, 1.82) is 5.26 Å². The summed E-state index contributed by atoms with van der Waals surface area (Å²) in [6.45, 7) is 1.99. The number of hydrogen-bond acceptors (Lipinski definition) is 4. The van der Waals surface area contributed by atoms with E-state index >= 15 is 0 Å². The van der Waals surface area contributed by atoms with Crippen LogP contribution in [0.15, 0.2) is 41.0 Å². The SMILES string of the molecule is C[C@H]1CC(=O)C2=C(C1)OC(N)=C(C#N)[C@H]2c1ccc(Cl)c(Cl)c1. The fourth-order valence-corrected chi connectivity index (χ4v) is 3.42. The molecule has 23 heavy (non-hydrogen) atoms. The Bertz CT molecular complexity index is 805. The van der Waals surface area contributed by atoms with Crippen molar-refractivity contribution >= 4 is 29.0 Å². The van der Waals surface area contributed by atoms with Crippen molar-refractivity contribution in [2.75, 3.05) is 0 Å². The number of carbonyl (C=O) groups excluding carboxylic acids is 1. The van der Waals surface area contributed by atoms with Crippen LogP contribution < -0.4 is 5.73 Å². The highest BCUT2D eigenvalue weighted by atomic mass is 35.5. The highest BCUT2D eigenvalue weighted by Gasteiger charge is 2.39. The molecule has 0 saturated heterocycles. The molecule has 2 N–H and O–H groups in total. The number of ether oxygens (including phenoxy) is 1. The number of nitrogens with two attached hydrogens (primary N) is 1. The first-order chi connectivity index (χ1) is 10.9. The van der Waals surface area contributed by atoms with E-state index in [1.165, 1.54) is 0 Å². The average Bonchev–Trinajstić information content (AvgIpc) is 2.48. The number of allylic oxidation sites excluding steroid dienone is 3. The van der Waals surface area contributed by atoms with Crippen LogP contribution in [-0.2, 0) is 9.53 Å². The summed E-state index contributed by atoms with van der Waals surface area (Å²) in [5.74, 6) is 0.214. The van der Waals surface area contributed by atoms with Crippen LogP contribution in [0.25, 0.3) is 0 Å². The topological polar surface area (TPSA) is 76.1 Å². The molecular weight excluding hydrogens is 335 g/mol. The van der Waals surface area contributed by atoms with Crippen molar-refractivity contribution in [1.82, 2.24) is 0 Å². The fourth-order valence-electron chi connectivity index (χ4n) is 3.12. The van der Waals surface area contributed by atoms with Crippen LogP contribution in [0, 0.1) is 17.2 Å². The number of benzene rings is 1. The van der Waals surface area contributed by atoms with E-state index in [-0.39, 0.29) is 23.2 Å². The maximum absolute atomic E-state index is 12.6. The Labute approximate surface area is 144 Å². The summed E-state index contributed by atoms with van der Waals surface area (Å²) in [6.07, 6.45) is 1.05. The minimum atomic E-state index is -0.557.